The van der Waals surface area contributed by atoms with Gasteiger partial charge in [-0.05, 0) is 38.8 Å². The zero-order valence-electron chi connectivity index (χ0n) is 12.8. The molecule has 8 nitrogen and oxygen atoms in total. The topological polar surface area (TPSA) is 132 Å². The quantitative estimate of drug-likeness (QED) is 0.582. The van der Waals surface area contributed by atoms with E-state index in [2.05, 4.69) is 10.1 Å². The minimum Gasteiger partial charge on any atom is -0.382 e. The summed E-state index contributed by atoms with van der Waals surface area (Å²) >= 11 is 0. The molecule has 1 fully saturated rings. The first-order chi connectivity index (χ1) is 10.3. The van der Waals surface area contributed by atoms with Gasteiger partial charge in [-0.25, -0.2) is 9.50 Å². The largest absolute Gasteiger partial charge is 0.382 e. The van der Waals surface area contributed by atoms with Gasteiger partial charge in [0.1, 0.15) is 17.9 Å². The summed E-state index contributed by atoms with van der Waals surface area (Å²) in [6.45, 7) is 3.16. The number of nitrogen functional groups attached to an aromatic ring is 1. The second-order valence-corrected chi connectivity index (χ2v) is 5.75. The maximum Gasteiger partial charge on any atom is 0.156 e. The molecule has 0 aliphatic carbocycles. The van der Waals surface area contributed by atoms with Gasteiger partial charge in [0, 0.05) is 6.54 Å². The van der Waals surface area contributed by atoms with Crippen LogP contribution in [0.15, 0.2) is 18.5 Å². The molecule has 6 N–H and O–H groups in total. The standard InChI is InChI=1S/C11H15N5O.C3H8O2/c12-5-7-1-4-10(17-7)8-2-3-9-11(13)14-6-15-16(8)9;1-3(2,4)5/h2-3,6-7,10H,1,4-5,12H2,(H2,13,14,15);4-5H,1-2H3. The van der Waals surface area contributed by atoms with Crippen LogP contribution in [0.5, 0.6) is 0 Å². The highest BCUT2D eigenvalue weighted by molar-refractivity contribution is 5.65. The number of ether oxygens (including phenoxy) is 1. The molecule has 3 heterocycles. The molecule has 2 unspecified atom stereocenters. The minimum atomic E-state index is -1.50. The zero-order chi connectivity index (χ0) is 16.3. The lowest BCUT2D eigenvalue weighted by atomic mass is 10.1. The SMILES string of the molecule is CC(C)(O)O.NCC1CCC(c2ccc3c(N)ncnn23)O1. The van der Waals surface area contributed by atoms with Crippen molar-refractivity contribution in [2.45, 2.75) is 44.7 Å². The van der Waals surface area contributed by atoms with Crippen LogP contribution in [0.2, 0.25) is 0 Å². The van der Waals surface area contributed by atoms with Gasteiger partial charge in [-0.1, -0.05) is 0 Å². The molecule has 1 saturated heterocycles. The molecule has 2 atom stereocenters. The van der Waals surface area contributed by atoms with E-state index in [1.165, 1.54) is 20.2 Å². The molecule has 3 rings (SSSR count). The van der Waals surface area contributed by atoms with E-state index in [-0.39, 0.29) is 12.2 Å². The number of fused-ring (bicyclic) bond motifs is 1. The number of nitrogens with two attached hydrogens (primary N) is 2. The third-order valence-electron chi connectivity index (χ3n) is 3.21. The van der Waals surface area contributed by atoms with Gasteiger partial charge >= 0.3 is 0 Å². The van der Waals surface area contributed by atoms with Crippen molar-refractivity contribution >= 4 is 11.3 Å². The maximum atomic E-state index is 8.08. The molecule has 8 heteroatoms. The number of aromatic nitrogens is 3. The first-order valence-corrected chi connectivity index (χ1v) is 7.18. The van der Waals surface area contributed by atoms with Crippen LogP contribution in [0.3, 0.4) is 0 Å². The van der Waals surface area contributed by atoms with Crippen LogP contribution in [0.4, 0.5) is 5.82 Å². The van der Waals surface area contributed by atoms with Crippen LogP contribution < -0.4 is 11.5 Å². The van der Waals surface area contributed by atoms with Crippen molar-refractivity contribution in [3.8, 4) is 0 Å². The fraction of sp³-hybridized carbons (Fsp3) is 0.571. The summed E-state index contributed by atoms with van der Waals surface area (Å²) in [7, 11) is 0. The van der Waals surface area contributed by atoms with E-state index in [1.54, 1.807) is 4.52 Å². The minimum absolute atomic E-state index is 0.0559. The van der Waals surface area contributed by atoms with Crippen molar-refractivity contribution < 1.29 is 14.9 Å². The van der Waals surface area contributed by atoms with Gasteiger partial charge in [0.05, 0.1) is 11.8 Å². The average Bonchev–Trinajstić information content (AvgIpc) is 3.02. The molecule has 0 saturated carbocycles. The van der Waals surface area contributed by atoms with E-state index in [0.29, 0.717) is 12.4 Å². The average molecular weight is 309 g/mol. The third-order valence-corrected chi connectivity index (χ3v) is 3.21. The molecular formula is C14H23N5O3. The Bertz CT molecular complexity index is 616. The molecule has 2 aromatic heterocycles. The molecule has 1 aliphatic heterocycles. The van der Waals surface area contributed by atoms with E-state index >= 15 is 0 Å². The van der Waals surface area contributed by atoms with Gasteiger partial charge in [0.2, 0.25) is 0 Å². The highest BCUT2D eigenvalue weighted by Crippen LogP contribution is 2.33. The summed E-state index contributed by atoms with van der Waals surface area (Å²) < 4.78 is 7.65. The first-order valence-electron chi connectivity index (χ1n) is 7.18. The van der Waals surface area contributed by atoms with Crippen molar-refractivity contribution in [2.24, 2.45) is 5.73 Å². The van der Waals surface area contributed by atoms with Crippen molar-refractivity contribution in [3.05, 3.63) is 24.2 Å². The zero-order valence-corrected chi connectivity index (χ0v) is 12.8. The summed E-state index contributed by atoms with van der Waals surface area (Å²) in [6.07, 6.45) is 3.64. The molecule has 0 amide bonds. The number of hydrogen-bond donors (Lipinski definition) is 4. The normalized spacial score (nSPS) is 21.7. The Hall–Kier alpha value is -1.74. The highest BCUT2D eigenvalue weighted by atomic mass is 16.5. The Labute approximate surface area is 128 Å². The summed E-state index contributed by atoms with van der Waals surface area (Å²) in [6, 6.07) is 3.91. The van der Waals surface area contributed by atoms with Gasteiger partial charge in [0.15, 0.2) is 11.6 Å². The second kappa shape index (κ2) is 6.57. The van der Waals surface area contributed by atoms with Gasteiger partial charge in [-0.3, -0.25) is 0 Å². The lowest BCUT2D eigenvalue weighted by Gasteiger charge is -2.12. The van der Waals surface area contributed by atoms with E-state index in [1.807, 2.05) is 12.1 Å². The van der Waals surface area contributed by atoms with E-state index in [4.69, 9.17) is 26.4 Å². The molecule has 0 spiro atoms. The molecule has 1 aliphatic rings. The predicted molar refractivity (Wildman–Crippen MR) is 81.8 cm³/mol. The van der Waals surface area contributed by atoms with Crippen LogP contribution >= 0.6 is 0 Å². The Morgan fingerprint density at radius 1 is 1.36 bits per heavy atom. The van der Waals surface area contributed by atoms with Gasteiger partial charge in [0.25, 0.3) is 0 Å². The van der Waals surface area contributed by atoms with E-state index in [0.717, 1.165) is 24.1 Å². The summed E-state index contributed by atoms with van der Waals surface area (Å²) in [5, 5.41) is 20.4. The predicted octanol–water partition coefficient (Wildman–Crippen LogP) is 0.197. The number of rotatable bonds is 2. The second-order valence-electron chi connectivity index (χ2n) is 5.75. The molecule has 122 valence electrons. The van der Waals surface area contributed by atoms with E-state index in [9.17, 15) is 0 Å². The number of nitrogens with zero attached hydrogens (tertiary/aromatic N) is 3. The van der Waals surface area contributed by atoms with Crippen LogP contribution in [-0.2, 0) is 4.74 Å². The Balaban J connectivity index is 0.000000309. The van der Waals surface area contributed by atoms with Gasteiger partial charge in [-0.2, -0.15) is 5.10 Å². The highest BCUT2D eigenvalue weighted by Gasteiger charge is 2.27. The van der Waals surface area contributed by atoms with Crippen molar-refractivity contribution in [2.75, 3.05) is 12.3 Å². The van der Waals surface area contributed by atoms with Crippen LogP contribution in [0, 0.1) is 0 Å². The van der Waals surface area contributed by atoms with Gasteiger partial charge in [-0.15, -0.1) is 0 Å². The van der Waals surface area contributed by atoms with E-state index < -0.39 is 5.79 Å². The maximum absolute atomic E-state index is 8.08. The number of aliphatic hydroxyl groups is 2. The summed E-state index contributed by atoms with van der Waals surface area (Å²) in [5.41, 5.74) is 13.2. The molecular weight excluding hydrogens is 286 g/mol. The molecule has 22 heavy (non-hydrogen) atoms. The first kappa shape index (κ1) is 16.6. The molecule has 0 aromatic carbocycles. The fourth-order valence-corrected chi connectivity index (χ4v) is 2.31. The third kappa shape index (κ3) is 4.14. The van der Waals surface area contributed by atoms with Crippen molar-refractivity contribution in [1.29, 1.82) is 0 Å². The fourth-order valence-electron chi connectivity index (χ4n) is 2.31. The monoisotopic (exact) mass is 309 g/mol. The van der Waals surface area contributed by atoms with Crippen LogP contribution in [0.25, 0.3) is 5.52 Å². The van der Waals surface area contributed by atoms with Crippen LogP contribution in [0.1, 0.15) is 38.5 Å². The number of anilines is 1. The molecule has 0 radical (unpaired) electrons. The molecule has 0 bridgehead atoms. The smallest absolute Gasteiger partial charge is 0.156 e. The van der Waals surface area contributed by atoms with Crippen molar-refractivity contribution in [1.82, 2.24) is 14.6 Å². The Kier molecular flexibility index (Phi) is 4.97. The number of hydrogen-bond acceptors (Lipinski definition) is 7. The van der Waals surface area contributed by atoms with Crippen molar-refractivity contribution in [3.63, 3.8) is 0 Å². The lowest BCUT2D eigenvalue weighted by Crippen LogP contribution is -2.19. The Morgan fingerprint density at radius 3 is 2.64 bits per heavy atom. The van der Waals surface area contributed by atoms with Gasteiger partial charge < -0.3 is 26.4 Å². The summed E-state index contributed by atoms with van der Waals surface area (Å²) in [4.78, 5) is 3.96. The summed E-state index contributed by atoms with van der Waals surface area (Å²) in [5.74, 6) is -1.01. The Morgan fingerprint density at radius 2 is 2.05 bits per heavy atom. The molecule has 2 aromatic rings. The lowest BCUT2D eigenvalue weighted by molar-refractivity contribution is -0.127. The van der Waals surface area contributed by atoms with Crippen LogP contribution in [-0.4, -0.2) is 43.2 Å².